The van der Waals surface area contributed by atoms with Crippen LogP contribution in [0.2, 0.25) is 0 Å². The van der Waals surface area contributed by atoms with Crippen molar-refractivity contribution in [2.45, 2.75) is 37.6 Å². The maximum absolute atomic E-state index is 12.6. The zero-order chi connectivity index (χ0) is 21.9. The molecule has 0 atom stereocenters. The minimum absolute atomic E-state index is 0.0340. The van der Waals surface area contributed by atoms with Crippen molar-refractivity contribution < 1.29 is 18.3 Å². The van der Waals surface area contributed by atoms with Gasteiger partial charge in [-0.3, -0.25) is 4.79 Å². The van der Waals surface area contributed by atoms with Crippen LogP contribution in [0.1, 0.15) is 41.6 Å². The van der Waals surface area contributed by atoms with E-state index in [4.69, 9.17) is 0 Å². The number of rotatable bonds is 6. The highest BCUT2D eigenvalue weighted by Gasteiger charge is 2.18. The highest BCUT2D eigenvalue weighted by Crippen LogP contribution is 2.31. The second-order valence-electron chi connectivity index (χ2n) is 7.86. The Hall–Kier alpha value is -2.68. The first-order valence-corrected chi connectivity index (χ1v) is 11.7. The molecule has 1 aromatic heterocycles. The number of sulfonamides is 1. The molecular weight excluding hydrogens is 420 g/mol. The number of phenols is 1. The van der Waals surface area contributed by atoms with Gasteiger partial charge in [-0.15, -0.1) is 11.3 Å². The maximum Gasteiger partial charge on any atom is 0.255 e. The van der Waals surface area contributed by atoms with Gasteiger partial charge in [0.05, 0.1) is 10.6 Å². The lowest BCUT2D eigenvalue weighted by Crippen LogP contribution is -2.23. The van der Waals surface area contributed by atoms with Crippen LogP contribution in [0, 0.1) is 0 Å². The van der Waals surface area contributed by atoms with Gasteiger partial charge in [0.15, 0.2) is 0 Å². The first-order valence-electron chi connectivity index (χ1n) is 9.33. The van der Waals surface area contributed by atoms with Gasteiger partial charge >= 0.3 is 0 Å². The van der Waals surface area contributed by atoms with Crippen molar-refractivity contribution in [3.05, 3.63) is 76.0 Å². The van der Waals surface area contributed by atoms with Crippen molar-refractivity contribution in [2.75, 3.05) is 5.32 Å². The summed E-state index contributed by atoms with van der Waals surface area (Å²) >= 11 is 1.47. The minimum Gasteiger partial charge on any atom is -0.506 e. The van der Waals surface area contributed by atoms with Crippen LogP contribution in [0.3, 0.4) is 0 Å². The van der Waals surface area contributed by atoms with E-state index < -0.39 is 15.9 Å². The highest BCUT2D eigenvalue weighted by atomic mass is 32.2. The molecule has 0 radical (unpaired) electrons. The van der Waals surface area contributed by atoms with E-state index in [-0.39, 0.29) is 28.2 Å². The fourth-order valence-electron chi connectivity index (χ4n) is 2.75. The summed E-state index contributed by atoms with van der Waals surface area (Å²) in [5, 5.41) is 14.7. The Balaban J connectivity index is 1.72. The van der Waals surface area contributed by atoms with Gasteiger partial charge in [0.2, 0.25) is 10.0 Å². The fourth-order valence-corrected chi connectivity index (χ4v) is 4.49. The van der Waals surface area contributed by atoms with Crippen molar-refractivity contribution in [3.8, 4) is 5.75 Å². The number of aromatic hydroxyl groups is 1. The third-order valence-electron chi connectivity index (χ3n) is 4.55. The van der Waals surface area contributed by atoms with E-state index in [9.17, 15) is 18.3 Å². The van der Waals surface area contributed by atoms with Crippen LogP contribution in [-0.2, 0) is 22.0 Å². The number of phenolic OH excluding ortho intramolecular Hbond substituents is 1. The van der Waals surface area contributed by atoms with Crippen molar-refractivity contribution >= 4 is 33.0 Å². The van der Waals surface area contributed by atoms with Crippen molar-refractivity contribution in [1.82, 2.24) is 4.72 Å². The lowest BCUT2D eigenvalue weighted by atomic mass is 9.87. The van der Waals surface area contributed by atoms with Gasteiger partial charge in [-0.1, -0.05) is 32.9 Å². The normalized spacial score (nSPS) is 12.0. The summed E-state index contributed by atoms with van der Waals surface area (Å²) in [7, 11) is -3.68. The van der Waals surface area contributed by atoms with Crippen LogP contribution in [0.5, 0.6) is 5.75 Å². The number of thiophene rings is 1. The summed E-state index contributed by atoms with van der Waals surface area (Å²) in [4.78, 5) is 13.6. The van der Waals surface area contributed by atoms with Crippen LogP contribution < -0.4 is 10.0 Å². The molecule has 3 aromatic rings. The van der Waals surface area contributed by atoms with Gasteiger partial charge in [-0.25, -0.2) is 13.1 Å². The molecule has 1 amide bonds. The zero-order valence-electron chi connectivity index (χ0n) is 17.0. The van der Waals surface area contributed by atoms with E-state index in [0.717, 1.165) is 10.4 Å². The summed E-state index contributed by atoms with van der Waals surface area (Å²) in [5.74, 6) is -0.472. The SMILES string of the molecule is CC(C)(C)c1ccc(O)c(NC(=O)c2ccc(S(=O)(=O)NCc3cccs3)cc2)c1. The molecular formula is C22H24N2O4S2. The van der Waals surface area contributed by atoms with Gasteiger partial charge in [0.1, 0.15) is 5.75 Å². The Morgan fingerprint density at radius 3 is 2.37 bits per heavy atom. The molecule has 0 aliphatic heterocycles. The van der Waals surface area contributed by atoms with Gasteiger partial charge < -0.3 is 10.4 Å². The van der Waals surface area contributed by atoms with E-state index in [1.807, 2.05) is 44.4 Å². The number of hydrogen-bond donors (Lipinski definition) is 3. The maximum atomic E-state index is 12.6. The van der Waals surface area contributed by atoms with Crippen molar-refractivity contribution in [3.63, 3.8) is 0 Å². The summed E-state index contributed by atoms with van der Waals surface area (Å²) < 4.78 is 27.4. The van der Waals surface area contributed by atoms with Gasteiger partial charge in [-0.05, 0) is 58.8 Å². The number of anilines is 1. The van der Waals surface area contributed by atoms with E-state index in [0.29, 0.717) is 5.69 Å². The van der Waals surface area contributed by atoms with E-state index in [1.165, 1.54) is 35.6 Å². The van der Waals surface area contributed by atoms with Crippen molar-refractivity contribution in [1.29, 1.82) is 0 Å². The first kappa shape index (κ1) is 22.0. The number of carbonyl (C=O) groups is 1. The minimum atomic E-state index is -3.68. The zero-order valence-corrected chi connectivity index (χ0v) is 18.6. The second kappa shape index (κ2) is 8.59. The molecule has 0 fully saturated rings. The molecule has 0 aliphatic carbocycles. The molecule has 158 valence electrons. The number of benzene rings is 2. The number of carbonyl (C=O) groups excluding carboxylic acids is 1. The smallest absolute Gasteiger partial charge is 0.255 e. The molecule has 0 spiro atoms. The average molecular weight is 445 g/mol. The Morgan fingerprint density at radius 1 is 1.07 bits per heavy atom. The number of hydrogen-bond acceptors (Lipinski definition) is 5. The fraction of sp³-hybridized carbons (Fsp3) is 0.227. The second-order valence-corrected chi connectivity index (χ2v) is 10.7. The molecule has 3 N–H and O–H groups in total. The predicted molar refractivity (Wildman–Crippen MR) is 120 cm³/mol. The Morgan fingerprint density at radius 2 is 1.77 bits per heavy atom. The highest BCUT2D eigenvalue weighted by molar-refractivity contribution is 7.89. The van der Waals surface area contributed by atoms with Gasteiger partial charge in [0.25, 0.3) is 5.91 Å². The average Bonchev–Trinajstić information content (AvgIpc) is 3.21. The monoisotopic (exact) mass is 444 g/mol. The van der Waals surface area contributed by atoms with Gasteiger partial charge in [0, 0.05) is 17.0 Å². The van der Waals surface area contributed by atoms with Crippen LogP contribution >= 0.6 is 11.3 Å². The van der Waals surface area contributed by atoms with Gasteiger partial charge in [-0.2, -0.15) is 0 Å². The van der Waals surface area contributed by atoms with Crippen molar-refractivity contribution in [2.24, 2.45) is 0 Å². The molecule has 30 heavy (non-hydrogen) atoms. The molecule has 0 bridgehead atoms. The Kier molecular flexibility index (Phi) is 6.30. The third kappa shape index (κ3) is 5.27. The summed E-state index contributed by atoms with van der Waals surface area (Å²) in [5.41, 5.74) is 1.42. The lowest BCUT2D eigenvalue weighted by Gasteiger charge is -2.20. The third-order valence-corrected chi connectivity index (χ3v) is 6.85. The Bertz CT molecular complexity index is 1130. The van der Waals surface area contributed by atoms with E-state index >= 15 is 0 Å². The predicted octanol–water partition coefficient (Wildman–Crippen LogP) is 4.48. The van der Waals surface area contributed by atoms with E-state index in [1.54, 1.807) is 12.1 Å². The molecule has 1 heterocycles. The van der Waals surface area contributed by atoms with E-state index in [2.05, 4.69) is 10.0 Å². The quantitative estimate of drug-likeness (QED) is 0.489. The van der Waals surface area contributed by atoms with Crippen LogP contribution in [-0.4, -0.2) is 19.4 Å². The summed E-state index contributed by atoms with van der Waals surface area (Å²) in [6.07, 6.45) is 0. The van der Waals surface area contributed by atoms with Crippen LogP contribution in [0.15, 0.2) is 64.9 Å². The number of amides is 1. The number of nitrogens with one attached hydrogen (secondary N) is 2. The molecule has 3 rings (SSSR count). The standard InChI is InChI=1S/C22H24N2O4S2/c1-22(2,3)16-8-11-20(25)19(13-16)24-21(26)15-6-9-18(10-7-15)30(27,28)23-14-17-5-4-12-29-17/h4-13,23,25H,14H2,1-3H3,(H,24,26). The first-order chi connectivity index (χ1) is 14.1. The van der Waals surface area contributed by atoms with Crippen LogP contribution in [0.25, 0.3) is 0 Å². The largest absolute Gasteiger partial charge is 0.506 e. The summed E-state index contributed by atoms with van der Waals surface area (Å²) in [6.45, 7) is 6.33. The Labute approximate surface area is 180 Å². The molecule has 0 aliphatic rings. The molecule has 6 nitrogen and oxygen atoms in total. The molecule has 0 saturated carbocycles. The topological polar surface area (TPSA) is 95.5 Å². The molecule has 0 unspecified atom stereocenters. The molecule has 8 heteroatoms. The molecule has 0 saturated heterocycles. The lowest BCUT2D eigenvalue weighted by molar-refractivity contribution is 0.102. The summed E-state index contributed by atoms with van der Waals surface area (Å²) in [6, 6.07) is 14.5. The van der Waals surface area contributed by atoms with Crippen LogP contribution in [0.4, 0.5) is 5.69 Å². The molecule has 2 aromatic carbocycles.